The van der Waals surface area contributed by atoms with Crippen LogP contribution < -0.4 is 15.1 Å². The third-order valence-corrected chi connectivity index (χ3v) is 5.63. The lowest BCUT2D eigenvalue weighted by Gasteiger charge is -2.37. The Hall–Kier alpha value is -3.56. The number of likely N-dealkylation sites (N-methyl/N-ethyl adjacent to an activating group) is 2. The van der Waals surface area contributed by atoms with Crippen molar-refractivity contribution in [1.82, 2.24) is 24.7 Å². The molecule has 0 aromatic carbocycles. The number of carbonyl (C=O) groups is 1. The number of rotatable bonds is 5. The highest BCUT2D eigenvalue weighted by Crippen LogP contribution is 2.35. The average molecular weight is 424 g/mol. The number of pyridine rings is 1. The molecule has 4 rings (SSSR count). The smallest absolute Gasteiger partial charge is 0.249 e. The molecular weight excluding hydrogens is 399 g/mol. The van der Waals surface area contributed by atoms with Crippen LogP contribution in [-0.4, -0.2) is 50.8 Å². The normalized spacial score (nSPS) is 15.9. The zero-order valence-corrected chi connectivity index (χ0v) is 18.2. The Morgan fingerprint density at radius 1 is 1.19 bits per heavy atom. The number of halogens is 1. The molecule has 9 nitrogen and oxygen atoms in total. The molecule has 0 radical (unpaired) electrons. The minimum atomic E-state index is -0.484. The van der Waals surface area contributed by atoms with E-state index in [0.29, 0.717) is 19.0 Å². The number of nitrogens with zero attached hydrogens (tertiary/aromatic N) is 7. The number of aromatic nitrogens is 5. The number of fused-ring (bicyclic) bond motifs is 1. The number of aryl methyl sites for hydroxylation is 2. The molecule has 0 unspecified atom stereocenters. The molecule has 1 atom stereocenters. The molecule has 0 bridgehead atoms. The summed E-state index contributed by atoms with van der Waals surface area (Å²) in [6, 6.07) is 1.13. The molecule has 3 aromatic heterocycles. The van der Waals surface area contributed by atoms with Crippen molar-refractivity contribution in [3.8, 4) is 0 Å². The van der Waals surface area contributed by atoms with Crippen LogP contribution in [0.3, 0.4) is 0 Å². The van der Waals surface area contributed by atoms with Gasteiger partial charge in [-0.15, -0.1) is 0 Å². The van der Waals surface area contributed by atoms with Crippen molar-refractivity contribution in [2.45, 2.75) is 39.9 Å². The molecule has 1 aliphatic heterocycles. The van der Waals surface area contributed by atoms with Crippen LogP contribution in [0.2, 0.25) is 0 Å². The first-order valence-electron chi connectivity index (χ1n) is 10.00. The molecule has 4 heterocycles. The second-order valence-corrected chi connectivity index (χ2v) is 7.82. The van der Waals surface area contributed by atoms with E-state index in [1.54, 1.807) is 22.8 Å². The van der Waals surface area contributed by atoms with Crippen LogP contribution in [-0.2, 0) is 17.9 Å². The standard InChI is InChI=1S/C21H25FN8O/c1-12-6-17(22)23-9-16(12)11-30-10-15(8-25-30)7-24-21-26-13(2)18-19(27-21)28(4)14(3)20(31)29(18)5/h6,8-10,14H,7,11H2,1-5H3,(H,24,26,27)/t14-/m0/s1. The Kier molecular flexibility index (Phi) is 5.30. The Morgan fingerprint density at radius 2 is 1.97 bits per heavy atom. The molecule has 0 saturated carbocycles. The predicted molar refractivity (Wildman–Crippen MR) is 116 cm³/mol. The minimum absolute atomic E-state index is 0.0152. The number of hydrogen-bond donors (Lipinski definition) is 1. The number of amides is 1. The molecule has 10 heteroatoms. The third-order valence-electron chi connectivity index (χ3n) is 5.63. The molecule has 1 N–H and O–H groups in total. The van der Waals surface area contributed by atoms with Gasteiger partial charge in [0, 0.05) is 38.6 Å². The SMILES string of the molecule is Cc1cc(F)ncc1Cn1cc(CNc2nc(C)c3c(n2)N(C)[C@@H](C)C(=O)N3C)cn1. The van der Waals surface area contributed by atoms with Crippen LogP contribution in [0, 0.1) is 19.8 Å². The number of carbonyl (C=O) groups excluding carboxylic acids is 1. The van der Waals surface area contributed by atoms with Crippen molar-refractivity contribution in [2.75, 3.05) is 29.2 Å². The quantitative estimate of drug-likeness (QED) is 0.628. The average Bonchev–Trinajstić information content (AvgIpc) is 3.18. The van der Waals surface area contributed by atoms with E-state index in [0.717, 1.165) is 33.9 Å². The fraction of sp³-hybridized carbons (Fsp3) is 0.381. The third kappa shape index (κ3) is 3.92. The molecule has 31 heavy (non-hydrogen) atoms. The van der Waals surface area contributed by atoms with Crippen molar-refractivity contribution in [3.05, 3.63) is 53.0 Å². The molecule has 0 spiro atoms. The molecule has 0 fully saturated rings. The first-order chi connectivity index (χ1) is 14.7. The summed E-state index contributed by atoms with van der Waals surface area (Å²) in [6.07, 6.45) is 5.22. The maximum atomic E-state index is 13.2. The highest BCUT2D eigenvalue weighted by molar-refractivity contribution is 6.04. The summed E-state index contributed by atoms with van der Waals surface area (Å²) < 4.78 is 15.0. The molecule has 1 amide bonds. The lowest BCUT2D eigenvalue weighted by molar-refractivity contribution is -0.119. The van der Waals surface area contributed by atoms with Gasteiger partial charge in [-0.05, 0) is 38.0 Å². The maximum Gasteiger partial charge on any atom is 0.249 e. The van der Waals surface area contributed by atoms with Crippen LogP contribution in [0.15, 0.2) is 24.7 Å². The topological polar surface area (TPSA) is 92.1 Å². The zero-order chi connectivity index (χ0) is 22.3. The van der Waals surface area contributed by atoms with Crippen molar-refractivity contribution >= 4 is 23.4 Å². The second kappa shape index (κ2) is 7.93. The highest BCUT2D eigenvalue weighted by Gasteiger charge is 2.34. The van der Waals surface area contributed by atoms with E-state index >= 15 is 0 Å². The van der Waals surface area contributed by atoms with E-state index in [1.807, 2.05) is 38.9 Å². The minimum Gasteiger partial charge on any atom is -0.350 e. The fourth-order valence-corrected chi connectivity index (χ4v) is 3.66. The van der Waals surface area contributed by atoms with Gasteiger partial charge < -0.3 is 15.1 Å². The van der Waals surface area contributed by atoms with Gasteiger partial charge in [-0.1, -0.05) is 0 Å². The Bertz CT molecular complexity index is 1140. The summed E-state index contributed by atoms with van der Waals surface area (Å²) in [4.78, 5) is 28.8. The van der Waals surface area contributed by atoms with E-state index < -0.39 is 5.95 Å². The number of nitrogens with one attached hydrogen (secondary N) is 1. The summed E-state index contributed by atoms with van der Waals surface area (Å²) in [5.41, 5.74) is 4.17. The van der Waals surface area contributed by atoms with Crippen LogP contribution >= 0.6 is 0 Å². The first kappa shape index (κ1) is 20.7. The van der Waals surface area contributed by atoms with Crippen LogP contribution in [0.25, 0.3) is 0 Å². The monoisotopic (exact) mass is 424 g/mol. The van der Waals surface area contributed by atoms with E-state index in [2.05, 4.69) is 25.4 Å². The van der Waals surface area contributed by atoms with Gasteiger partial charge in [-0.2, -0.15) is 14.5 Å². The van der Waals surface area contributed by atoms with E-state index in [4.69, 9.17) is 0 Å². The molecular formula is C21H25FN8O. The van der Waals surface area contributed by atoms with Crippen LogP contribution in [0.4, 0.5) is 21.8 Å². The molecule has 0 saturated heterocycles. The van der Waals surface area contributed by atoms with Crippen molar-refractivity contribution in [3.63, 3.8) is 0 Å². The Balaban J connectivity index is 1.48. The fourth-order valence-electron chi connectivity index (χ4n) is 3.66. The second-order valence-electron chi connectivity index (χ2n) is 7.82. The van der Waals surface area contributed by atoms with Gasteiger partial charge in [0.2, 0.25) is 17.8 Å². The van der Waals surface area contributed by atoms with Gasteiger partial charge in [-0.3, -0.25) is 9.48 Å². The maximum absolute atomic E-state index is 13.2. The summed E-state index contributed by atoms with van der Waals surface area (Å²) in [5.74, 6) is 0.743. The Morgan fingerprint density at radius 3 is 2.71 bits per heavy atom. The predicted octanol–water partition coefficient (Wildman–Crippen LogP) is 2.29. The van der Waals surface area contributed by atoms with Crippen LogP contribution in [0.5, 0.6) is 0 Å². The van der Waals surface area contributed by atoms with Gasteiger partial charge >= 0.3 is 0 Å². The summed E-state index contributed by atoms with van der Waals surface area (Å²) in [6.45, 7) is 6.59. The van der Waals surface area contributed by atoms with E-state index in [-0.39, 0.29) is 11.9 Å². The van der Waals surface area contributed by atoms with Gasteiger partial charge in [0.1, 0.15) is 11.7 Å². The molecule has 3 aromatic rings. The van der Waals surface area contributed by atoms with Gasteiger partial charge in [0.25, 0.3) is 0 Å². The molecule has 162 valence electrons. The van der Waals surface area contributed by atoms with Crippen molar-refractivity contribution in [2.24, 2.45) is 0 Å². The van der Waals surface area contributed by atoms with Crippen molar-refractivity contribution in [1.29, 1.82) is 0 Å². The van der Waals surface area contributed by atoms with E-state index in [1.165, 1.54) is 12.3 Å². The number of hydrogen-bond acceptors (Lipinski definition) is 7. The summed E-state index contributed by atoms with van der Waals surface area (Å²) >= 11 is 0. The largest absolute Gasteiger partial charge is 0.350 e. The summed E-state index contributed by atoms with van der Waals surface area (Å²) in [7, 11) is 3.61. The van der Waals surface area contributed by atoms with Gasteiger partial charge in [0.15, 0.2) is 5.82 Å². The lowest BCUT2D eigenvalue weighted by Crippen LogP contribution is -2.49. The van der Waals surface area contributed by atoms with Crippen LogP contribution in [0.1, 0.15) is 29.3 Å². The van der Waals surface area contributed by atoms with Gasteiger partial charge in [-0.25, -0.2) is 9.97 Å². The Labute approximate surface area is 179 Å². The molecule has 0 aliphatic carbocycles. The van der Waals surface area contributed by atoms with Crippen molar-refractivity contribution < 1.29 is 9.18 Å². The number of anilines is 3. The lowest BCUT2D eigenvalue weighted by atomic mass is 10.1. The zero-order valence-electron chi connectivity index (χ0n) is 18.2. The van der Waals surface area contributed by atoms with Gasteiger partial charge in [0.05, 0.1) is 18.4 Å². The summed E-state index contributed by atoms with van der Waals surface area (Å²) in [5, 5.41) is 7.62. The first-order valence-corrected chi connectivity index (χ1v) is 10.00. The van der Waals surface area contributed by atoms with E-state index in [9.17, 15) is 9.18 Å². The molecule has 1 aliphatic rings. The highest BCUT2D eigenvalue weighted by atomic mass is 19.1.